The summed E-state index contributed by atoms with van der Waals surface area (Å²) in [5.74, 6) is 1.75. The van der Waals surface area contributed by atoms with E-state index in [2.05, 4.69) is 42.5 Å². The maximum atomic E-state index is 12.3. The van der Waals surface area contributed by atoms with Crippen LogP contribution in [0.4, 0.5) is 21.2 Å². The summed E-state index contributed by atoms with van der Waals surface area (Å²) in [6, 6.07) is 7.89. The molecule has 0 aromatic carbocycles. The Labute approximate surface area is 253 Å². The second-order valence-electron chi connectivity index (χ2n) is 12.9. The number of ether oxygens (including phenoxy) is 3. The Morgan fingerprint density at radius 2 is 1.91 bits per heavy atom. The average Bonchev–Trinajstić information content (AvgIpc) is 3.68. The number of unbranched alkanes of at least 4 members (excludes halogenated alkanes) is 1. The highest BCUT2D eigenvalue weighted by Crippen LogP contribution is 2.38. The maximum Gasteiger partial charge on any atom is 0.419 e. The van der Waals surface area contributed by atoms with Gasteiger partial charge in [-0.15, -0.1) is 0 Å². The highest BCUT2D eigenvalue weighted by molar-refractivity contribution is 5.70. The summed E-state index contributed by atoms with van der Waals surface area (Å²) < 4.78 is 20.1. The molecule has 1 aliphatic rings. The first kappa shape index (κ1) is 32.0. The van der Waals surface area contributed by atoms with E-state index in [0.29, 0.717) is 25.6 Å². The Hall–Kier alpha value is -3.93. The highest BCUT2D eigenvalue weighted by Gasteiger charge is 2.32. The fraction of sp³-hybridized carbons (Fsp3) is 0.581. The zero-order chi connectivity index (χ0) is 31.0. The number of rotatable bonds is 11. The Balaban J connectivity index is 1.28. The van der Waals surface area contributed by atoms with E-state index in [4.69, 9.17) is 24.3 Å². The van der Waals surface area contributed by atoms with Crippen molar-refractivity contribution < 1.29 is 23.8 Å². The number of imidazole rings is 1. The third kappa shape index (κ3) is 9.81. The largest absolute Gasteiger partial charge is 0.446 e. The lowest BCUT2D eigenvalue weighted by molar-refractivity contribution is 0.0523. The molecule has 0 saturated heterocycles. The number of amides is 1. The van der Waals surface area contributed by atoms with Crippen LogP contribution in [0.2, 0.25) is 0 Å². The lowest BCUT2D eigenvalue weighted by Crippen LogP contribution is -2.33. The van der Waals surface area contributed by atoms with E-state index in [0.717, 1.165) is 49.3 Å². The molecule has 0 aliphatic heterocycles. The molecule has 0 unspecified atom stereocenters. The van der Waals surface area contributed by atoms with Crippen LogP contribution in [0.25, 0.3) is 0 Å². The molecule has 2 atom stereocenters. The van der Waals surface area contributed by atoms with Gasteiger partial charge in [0.1, 0.15) is 29.7 Å². The fourth-order valence-corrected chi connectivity index (χ4v) is 4.86. The van der Waals surface area contributed by atoms with Crippen molar-refractivity contribution in [2.45, 2.75) is 103 Å². The minimum absolute atomic E-state index is 0.157. The number of nitrogens with zero attached hydrogens (tertiary/aromatic N) is 5. The van der Waals surface area contributed by atoms with Gasteiger partial charge in [0.25, 0.3) is 0 Å². The predicted octanol–water partition coefficient (Wildman–Crippen LogP) is 6.12. The lowest BCUT2D eigenvalue weighted by Gasteiger charge is -2.22. The highest BCUT2D eigenvalue weighted by atomic mass is 16.6. The monoisotopic (exact) mass is 595 g/mol. The third-order valence-corrected chi connectivity index (χ3v) is 6.85. The number of carbonyl (C=O) groups excluding carboxylic acids is 2. The second-order valence-corrected chi connectivity index (χ2v) is 12.9. The van der Waals surface area contributed by atoms with Crippen LogP contribution in [-0.2, 0) is 26.4 Å². The van der Waals surface area contributed by atoms with Gasteiger partial charge in [-0.25, -0.2) is 28.8 Å². The Morgan fingerprint density at radius 1 is 1.09 bits per heavy atom. The number of pyridine rings is 1. The molecule has 3 heterocycles. The zero-order valence-corrected chi connectivity index (χ0v) is 26.1. The quantitative estimate of drug-likeness (QED) is 0.252. The molecule has 3 aromatic rings. The van der Waals surface area contributed by atoms with Gasteiger partial charge in [0, 0.05) is 37.5 Å². The minimum Gasteiger partial charge on any atom is -0.446 e. The van der Waals surface area contributed by atoms with E-state index in [9.17, 15) is 9.59 Å². The predicted molar refractivity (Wildman–Crippen MR) is 162 cm³/mol. The number of hydrogen-bond acceptors (Lipinski definition) is 9. The van der Waals surface area contributed by atoms with Gasteiger partial charge in [0.05, 0.1) is 23.5 Å². The standard InChI is InChI=1S/C31H45N7O5/c1-30(2,3)38-27(19-25(36-38)22-12-13-24(18-22)42-29(40)37-16-15-32-21-37)35-26-11-9-10-23(34-26)20-41-17-8-7-14-33-28(39)43-31(4,5)6/h9-11,15-16,19,21-22,24H,7-8,12-14,17-18,20H2,1-6H3,(H,33,39)(H,34,35)/t22-,24+/m0/s1. The van der Waals surface area contributed by atoms with E-state index in [-0.39, 0.29) is 17.6 Å². The Kier molecular flexibility index (Phi) is 10.4. The molecular weight excluding hydrogens is 550 g/mol. The van der Waals surface area contributed by atoms with Crippen molar-refractivity contribution in [3.05, 3.63) is 54.4 Å². The number of carbonyl (C=O) groups is 2. The summed E-state index contributed by atoms with van der Waals surface area (Å²) >= 11 is 0. The fourth-order valence-electron chi connectivity index (χ4n) is 4.86. The van der Waals surface area contributed by atoms with Crippen molar-refractivity contribution >= 4 is 23.8 Å². The lowest BCUT2D eigenvalue weighted by atomic mass is 10.0. The molecule has 43 heavy (non-hydrogen) atoms. The molecule has 2 N–H and O–H groups in total. The van der Waals surface area contributed by atoms with Crippen molar-refractivity contribution in [3.8, 4) is 0 Å². The minimum atomic E-state index is -0.502. The first-order valence-corrected chi connectivity index (χ1v) is 14.9. The van der Waals surface area contributed by atoms with Gasteiger partial charge in [-0.05, 0) is 85.8 Å². The zero-order valence-electron chi connectivity index (χ0n) is 26.1. The SMILES string of the molecule is CC(C)(C)OC(=O)NCCCCOCc1cccc(Nc2cc([C@H]3CC[C@@H](OC(=O)n4ccnc4)C3)nn2C(C)(C)C)n1. The molecule has 0 bridgehead atoms. The van der Waals surface area contributed by atoms with Crippen molar-refractivity contribution in [2.75, 3.05) is 18.5 Å². The van der Waals surface area contributed by atoms with Gasteiger partial charge in [-0.2, -0.15) is 5.10 Å². The molecule has 0 radical (unpaired) electrons. The first-order valence-electron chi connectivity index (χ1n) is 14.9. The van der Waals surface area contributed by atoms with E-state index >= 15 is 0 Å². The van der Waals surface area contributed by atoms with Gasteiger partial charge in [-0.1, -0.05) is 6.07 Å². The van der Waals surface area contributed by atoms with Crippen molar-refractivity contribution in [1.29, 1.82) is 0 Å². The molecule has 1 amide bonds. The van der Waals surface area contributed by atoms with Gasteiger partial charge in [0.2, 0.25) is 0 Å². The molecular formula is C31H45N7O5. The van der Waals surface area contributed by atoms with Gasteiger partial charge in [0.15, 0.2) is 0 Å². The Bertz CT molecular complexity index is 1340. The number of aromatic nitrogens is 5. The van der Waals surface area contributed by atoms with E-state index in [1.54, 1.807) is 12.4 Å². The topological polar surface area (TPSA) is 134 Å². The van der Waals surface area contributed by atoms with Crippen LogP contribution in [0.3, 0.4) is 0 Å². The van der Waals surface area contributed by atoms with Crippen molar-refractivity contribution in [3.63, 3.8) is 0 Å². The normalized spacial score (nSPS) is 17.1. The molecule has 0 spiro atoms. The molecule has 12 nitrogen and oxygen atoms in total. The van der Waals surface area contributed by atoms with Crippen LogP contribution >= 0.6 is 0 Å². The van der Waals surface area contributed by atoms with Gasteiger partial charge >= 0.3 is 12.2 Å². The molecule has 4 rings (SSSR count). The third-order valence-electron chi connectivity index (χ3n) is 6.85. The molecule has 234 valence electrons. The van der Waals surface area contributed by atoms with Gasteiger partial charge < -0.3 is 24.8 Å². The van der Waals surface area contributed by atoms with Crippen LogP contribution in [-0.4, -0.2) is 61.4 Å². The first-order chi connectivity index (χ1) is 20.4. The van der Waals surface area contributed by atoms with Gasteiger partial charge in [-0.3, -0.25) is 0 Å². The molecule has 1 aliphatic carbocycles. The van der Waals surface area contributed by atoms with Crippen molar-refractivity contribution in [2.24, 2.45) is 0 Å². The van der Waals surface area contributed by atoms with E-state index in [1.807, 2.05) is 43.7 Å². The second kappa shape index (κ2) is 14.0. The molecule has 3 aromatic heterocycles. The summed E-state index contributed by atoms with van der Waals surface area (Å²) in [5.41, 5.74) is 1.03. The average molecular weight is 596 g/mol. The van der Waals surface area contributed by atoms with E-state index < -0.39 is 17.8 Å². The summed E-state index contributed by atoms with van der Waals surface area (Å²) in [4.78, 5) is 32.7. The number of nitrogens with one attached hydrogen (secondary N) is 2. The number of anilines is 2. The molecule has 12 heteroatoms. The van der Waals surface area contributed by atoms with Crippen LogP contribution in [0.1, 0.15) is 91.0 Å². The van der Waals surface area contributed by atoms with Crippen molar-refractivity contribution in [1.82, 2.24) is 29.6 Å². The van der Waals surface area contributed by atoms with Crippen LogP contribution < -0.4 is 10.6 Å². The number of hydrogen-bond donors (Lipinski definition) is 2. The van der Waals surface area contributed by atoms with Crippen LogP contribution in [0, 0.1) is 0 Å². The molecule has 1 fully saturated rings. The summed E-state index contributed by atoms with van der Waals surface area (Å²) in [6.45, 7) is 13.3. The van der Waals surface area contributed by atoms with E-state index in [1.165, 1.54) is 10.9 Å². The smallest absolute Gasteiger partial charge is 0.419 e. The van der Waals surface area contributed by atoms with Crippen LogP contribution in [0.15, 0.2) is 43.0 Å². The molecule has 1 saturated carbocycles. The summed E-state index contributed by atoms with van der Waals surface area (Å²) in [7, 11) is 0. The Morgan fingerprint density at radius 3 is 2.63 bits per heavy atom. The van der Waals surface area contributed by atoms with Crippen LogP contribution in [0.5, 0.6) is 0 Å². The maximum absolute atomic E-state index is 12.3. The summed E-state index contributed by atoms with van der Waals surface area (Å²) in [6.07, 6.45) is 7.64. The summed E-state index contributed by atoms with van der Waals surface area (Å²) in [5, 5.41) is 11.2. The number of alkyl carbamates (subject to hydrolysis) is 1.